The van der Waals surface area contributed by atoms with Crippen molar-refractivity contribution >= 4 is 5.91 Å². The van der Waals surface area contributed by atoms with Crippen LogP contribution in [0, 0.1) is 0 Å². The number of nitrogens with one attached hydrogen (secondary N) is 1. The number of para-hydroxylation sites is 1. The van der Waals surface area contributed by atoms with E-state index >= 15 is 0 Å². The van der Waals surface area contributed by atoms with Gasteiger partial charge in [-0.05, 0) is 30.7 Å². The molecule has 0 saturated carbocycles. The molecule has 0 unspecified atom stereocenters. The maximum Gasteiger partial charge on any atom is 0.234 e. The summed E-state index contributed by atoms with van der Waals surface area (Å²) >= 11 is 0. The monoisotopic (exact) mass is 286 g/mol. The number of rotatable bonds is 7. The van der Waals surface area contributed by atoms with Gasteiger partial charge in [-0.1, -0.05) is 24.3 Å². The number of carbonyl (C=O) groups is 1. The molecule has 110 valence electrons. The van der Waals surface area contributed by atoms with Crippen LogP contribution >= 0.6 is 0 Å². The molecule has 5 heteroatoms. The molecule has 0 radical (unpaired) electrons. The minimum atomic E-state index is -0.195. The van der Waals surface area contributed by atoms with E-state index in [1.807, 2.05) is 54.6 Å². The Morgan fingerprint density at radius 3 is 2.48 bits per heavy atom. The van der Waals surface area contributed by atoms with E-state index in [0.717, 1.165) is 5.75 Å². The van der Waals surface area contributed by atoms with Gasteiger partial charge in [0.25, 0.3) is 0 Å². The fourth-order valence-electron chi connectivity index (χ4n) is 1.75. The number of carbonyl (C=O) groups excluding carboxylic acids is 1. The van der Waals surface area contributed by atoms with Crippen LogP contribution in [0.4, 0.5) is 0 Å². The van der Waals surface area contributed by atoms with E-state index in [2.05, 4.69) is 5.43 Å². The molecule has 3 N–H and O–H groups in total. The highest BCUT2D eigenvalue weighted by molar-refractivity contribution is 5.75. The Kier molecular flexibility index (Phi) is 5.60. The standard InChI is InChI=1S/C16H18N2O3/c17-18-16(19)10-5-11-20-14-8-4-9-15(12-14)21-13-6-2-1-3-7-13/h1-4,6-9,12H,5,10-11,17H2,(H,18,19). The Morgan fingerprint density at radius 2 is 1.71 bits per heavy atom. The van der Waals surface area contributed by atoms with Gasteiger partial charge >= 0.3 is 0 Å². The van der Waals surface area contributed by atoms with E-state index < -0.39 is 0 Å². The first-order chi connectivity index (χ1) is 10.3. The Labute approximate surface area is 123 Å². The summed E-state index contributed by atoms with van der Waals surface area (Å²) in [5.74, 6) is 6.99. The van der Waals surface area contributed by atoms with Crippen LogP contribution in [0.25, 0.3) is 0 Å². The van der Waals surface area contributed by atoms with Gasteiger partial charge in [0, 0.05) is 12.5 Å². The summed E-state index contributed by atoms with van der Waals surface area (Å²) in [7, 11) is 0. The molecule has 0 saturated heterocycles. The van der Waals surface area contributed by atoms with E-state index in [1.165, 1.54) is 0 Å². The third-order valence-electron chi connectivity index (χ3n) is 2.76. The Hall–Kier alpha value is -2.53. The Balaban J connectivity index is 1.85. The minimum Gasteiger partial charge on any atom is -0.493 e. The zero-order valence-corrected chi connectivity index (χ0v) is 11.6. The highest BCUT2D eigenvalue weighted by atomic mass is 16.5. The number of nitrogens with two attached hydrogens (primary N) is 1. The van der Waals surface area contributed by atoms with Gasteiger partial charge in [0.2, 0.25) is 5.91 Å². The van der Waals surface area contributed by atoms with Crippen molar-refractivity contribution in [2.75, 3.05) is 6.61 Å². The number of amides is 1. The number of hydrogen-bond acceptors (Lipinski definition) is 4. The van der Waals surface area contributed by atoms with Crippen LogP contribution in [-0.2, 0) is 4.79 Å². The van der Waals surface area contributed by atoms with Crippen molar-refractivity contribution in [3.05, 3.63) is 54.6 Å². The molecule has 0 aliphatic rings. The second-order valence-corrected chi connectivity index (χ2v) is 4.41. The quantitative estimate of drug-likeness (QED) is 0.355. The topological polar surface area (TPSA) is 73.6 Å². The summed E-state index contributed by atoms with van der Waals surface area (Å²) < 4.78 is 11.3. The van der Waals surface area contributed by atoms with Crippen LogP contribution in [0.5, 0.6) is 17.2 Å². The molecule has 0 aliphatic heterocycles. The van der Waals surface area contributed by atoms with Gasteiger partial charge in [0.05, 0.1) is 6.61 Å². The predicted molar refractivity (Wildman–Crippen MR) is 80.0 cm³/mol. The van der Waals surface area contributed by atoms with Crippen molar-refractivity contribution in [1.29, 1.82) is 0 Å². The zero-order chi connectivity index (χ0) is 14.9. The van der Waals surface area contributed by atoms with Crippen molar-refractivity contribution in [1.82, 2.24) is 5.43 Å². The van der Waals surface area contributed by atoms with E-state index in [4.69, 9.17) is 15.3 Å². The lowest BCUT2D eigenvalue weighted by atomic mass is 10.3. The first-order valence-corrected chi connectivity index (χ1v) is 6.73. The van der Waals surface area contributed by atoms with Crippen LogP contribution in [0.2, 0.25) is 0 Å². The molecule has 2 aromatic rings. The van der Waals surface area contributed by atoms with Crippen LogP contribution in [0.1, 0.15) is 12.8 Å². The highest BCUT2D eigenvalue weighted by Gasteiger charge is 2.01. The molecular weight excluding hydrogens is 268 g/mol. The fraction of sp³-hybridized carbons (Fsp3) is 0.188. The van der Waals surface area contributed by atoms with Crippen LogP contribution in [0.3, 0.4) is 0 Å². The fourth-order valence-corrected chi connectivity index (χ4v) is 1.75. The van der Waals surface area contributed by atoms with E-state index in [-0.39, 0.29) is 5.91 Å². The average molecular weight is 286 g/mol. The molecule has 0 aromatic heterocycles. The molecule has 0 aliphatic carbocycles. The van der Waals surface area contributed by atoms with Crippen molar-refractivity contribution in [2.45, 2.75) is 12.8 Å². The van der Waals surface area contributed by atoms with Crippen LogP contribution in [-0.4, -0.2) is 12.5 Å². The van der Waals surface area contributed by atoms with Gasteiger partial charge < -0.3 is 9.47 Å². The van der Waals surface area contributed by atoms with Crippen LogP contribution < -0.4 is 20.7 Å². The molecular formula is C16H18N2O3. The second-order valence-electron chi connectivity index (χ2n) is 4.41. The molecule has 5 nitrogen and oxygen atoms in total. The van der Waals surface area contributed by atoms with Crippen molar-refractivity contribution in [2.24, 2.45) is 5.84 Å². The molecule has 2 rings (SSSR count). The summed E-state index contributed by atoms with van der Waals surface area (Å²) in [6, 6.07) is 16.9. The first-order valence-electron chi connectivity index (χ1n) is 6.73. The highest BCUT2D eigenvalue weighted by Crippen LogP contribution is 2.25. The van der Waals surface area contributed by atoms with Gasteiger partial charge in [0.1, 0.15) is 17.2 Å². The second kappa shape index (κ2) is 7.91. The number of hydrazine groups is 1. The lowest BCUT2D eigenvalue weighted by molar-refractivity contribution is -0.121. The summed E-state index contributed by atoms with van der Waals surface area (Å²) in [5, 5.41) is 0. The Morgan fingerprint density at radius 1 is 1.00 bits per heavy atom. The lowest BCUT2D eigenvalue weighted by Gasteiger charge is -2.09. The smallest absolute Gasteiger partial charge is 0.234 e. The third kappa shape index (κ3) is 5.16. The van der Waals surface area contributed by atoms with Gasteiger partial charge in [-0.15, -0.1) is 0 Å². The lowest BCUT2D eigenvalue weighted by Crippen LogP contribution is -2.29. The largest absolute Gasteiger partial charge is 0.493 e. The molecule has 0 heterocycles. The maximum absolute atomic E-state index is 11.0. The van der Waals surface area contributed by atoms with Gasteiger partial charge in [-0.2, -0.15) is 0 Å². The predicted octanol–water partition coefficient (Wildman–Crippen LogP) is 2.63. The SMILES string of the molecule is NNC(=O)CCCOc1cccc(Oc2ccccc2)c1. The number of ether oxygens (including phenoxy) is 2. The van der Waals surface area contributed by atoms with E-state index in [1.54, 1.807) is 0 Å². The molecule has 0 atom stereocenters. The van der Waals surface area contributed by atoms with E-state index in [0.29, 0.717) is 30.9 Å². The summed E-state index contributed by atoms with van der Waals surface area (Å²) in [4.78, 5) is 11.0. The van der Waals surface area contributed by atoms with Crippen molar-refractivity contribution < 1.29 is 14.3 Å². The molecule has 0 bridgehead atoms. The molecule has 2 aromatic carbocycles. The molecule has 1 amide bonds. The number of benzene rings is 2. The Bertz CT molecular complexity index is 573. The molecule has 21 heavy (non-hydrogen) atoms. The molecule has 0 spiro atoms. The summed E-state index contributed by atoms with van der Waals surface area (Å²) in [5.41, 5.74) is 2.09. The first kappa shape index (κ1) is 14.9. The van der Waals surface area contributed by atoms with Gasteiger partial charge in [-0.25, -0.2) is 5.84 Å². The molecule has 0 fully saturated rings. The van der Waals surface area contributed by atoms with E-state index in [9.17, 15) is 4.79 Å². The van der Waals surface area contributed by atoms with Crippen molar-refractivity contribution in [3.63, 3.8) is 0 Å². The average Bonchev–Trinajstić information content (AvgIpc) is 2.52. The van der Waals surface area contributed by atoms with Crippen molar-refractivity contribution in [3.8, 4) is 17.2 Å². The number of hydrogen-bond donors (Lipinski definition) is 2. The minimum absolute atomic E-state index is 0.195. The summed E-state index contributed by atoms with van der Waals surface area (Å²) in [6.07, 6.45) is 0.948. The zero-order valence-electron chi connectivity index (χ0n) is 11.6. The summed E-state index contributed by atoms with van der Waals surface area (Å²) in [6.45, 7) is 0.447. The van der Waals surface area contributed by atoms with Crippen LogP contribution in [0.15, 0.2) is 54.6 Å². The van der Waals surface area contributed by atoms with Gasteiger partial charge in [-0.3, -0.25) is 10.2 Å². The third-order valence-corrected chi connectivity index (χ3v) is 2.76. The maximum atomic E-state index is 11.0. The normalized spacial score (nSPS) is 9.95. The van der Waals surface area contributed by atoms with Gasteiger partial charge in [0.15, 0.2) is 0 Å².